The number of amides is 2. The van der Waals surface area contributed by atoms with Gasteiger partial charge in [0.05, 0.1) is 6.42 Å². The first-order valence-corrected chi connectivity index (χ1v) is 10.4. The maximum Gasteiger partial charge on any atom is 0.243 e. The van der Waals surface area contributed by atoms with Crippen LogP contribution in [0, 0.1) is 6.92 Å². The monoisotopic (exact) mass is 414 g/mol. The summed E-state index contributed by atoms with van der Waals surface area (Å²) in [6, 6.07) is 14.7. The molecule has 0 fully saturated rings. The Labute approximate surface area is 179 Å². The van der Waals surface area contributed by atoms with Gasteiger partial charge in [0.15, 0.2) is 0 Å². The number of hydrogen-bond acceptors (Lipinski definition) is 2. The fourth-order valence-electron chi connectivity index (χ4n) is 3.22. The van der Waals surface area contributed by atoms with E-state index in [0.29, 0.717) is 18.0 Å². The summed E-state index contributed by atoms with van der Waals surface area (Å²) in [7, 11) is 0. The van der Waals surface area contributed by atoms with E-state index in [0.717, 1.165) is 16.7 Å². The quantitative estimate of drug-likeness (QED) is 0.699. The van der Waals surface area contributed by atoms with Gasteiger partial charge in [-0.1, -0.05) is 54.9 Å². The number of rotatable bonds is 7. The van der Waals surface area contributed by atoms with Crippen molar-refractivity contribution in [2.24, 2.45) is 0 Å². The van der Waals surface area contributed by atoms with Gasteiger partial charge in [0, 0.05) is 17.1 Å². The summed E-state index contributed by atoms with van der Waals surface area (Å²) in [6.07, 6.45) is 0.766. The average molecular weight is 415 g/mol. The first-order valence-electron chi connectivity index (χ1n) is 10.0. The third kappa shape index (κ3) is 6.90. The van der Waals surface area contributed by atoms with Crippen LogP contribution in [-0.4, -0.2) is 28.3 Å². The van der Waals surface area contributed by atoms with Gasteiger partial charge < -0.3 is 10.2 Å². The van der Waals surface area contributed by atoms with Gasteiger partial charge in [-0.05, 0) is 62.9 Å². The number of carbonyl (C=O) groups is 2. The van der Waals surface area contributed by atoms with Crippen LogP contribution in [0.15, 0.2) is 48.5 Å². The lowest BCUT2D eigenvalue weighted by Crippen LogP contribution is -2.53. The minimum atomic E-state index is -0.534. The molecule has 2 amide bonds. The number of carbonyl (C=O) groups excluding carboxylic acids is 2. The summed E-state index contributed by atoms with van der Waals surface area (Å²) in [5, 5.41) is 3.66. The molecule has 1 atom stereocenters. The van der Waals surface area contributed by atoms with Crippen LogP contribution in [0.4, 0.5) is 0 Å². The maximum atomic E-state index is 13.3. The number of halogens is 1. The molecule has 0 bridgehead atoms. The van der Waals surface area contributed by atoms with E-state index in [1.165, 1.54) is 0 Å². The first kappa shape index (κ1) is 23.0. The molecule has 2 aromatic carbocycles. The van der Waals surface area contributed by atoms with Crippen molar-refractivity contribution < 1.29 is 9.59 Å². The Morgan fingerprint density at radius 1 is 1.07 bits per heavy atom. The highest BCUT2D eigenvalue weighted by Crippen LogP contribution is 2.18. The van der Waals surface area contributed by atoms with E-state index >= 15 is 0 Å². The van der Waals surface area contributed by atoms with Crippen molar-refractivity contribution in [3.05, 3.63) is 70.2 Å². The van der Waals surface area contributed by atoms with Crippen molar-refractivity contribution in [3.8, 4) is 0 Å². The number of aryl methyl sites for hydroxylation is 1. The maximum absolute atomic E-state index is 13.3. The van der Waals surface area contributed by atoms with Crippen LogP contribution in [-0.2, 0) is 22.6 Å². The molecule has 0 aliphatic heterocycles. The summed E-state index contributed by atoms with van der Waals surface area (Å²) in [5.41, 5.74) is 2.65. The zero-order valence-corrected chi connectivity index (χ0v) is 18.7. The Hall–Kier alpha value is -2.33. The second-order valence-electron chi connectivity index (χ2n) is 8.41. The van der Waals surface area contributed by atoms with Gasteiger partial charge in [-0.2, -0.15) is 0 Å². The highest BCUT2D eigenvalue weighted by molar-refractivity contribution is 6.30. The third-order valence-corrected chi connectivity index (χ3v) is 5.01. The van der Waals surface area contributed by atoms with Crippen molar-refractivity contribution in [3.63, 3.8) is 0 Å². The van der Waals surface area contributed by atoms with Crippen molar-refractivity contribution in [1.82, 2.24) is 10.2 Å². The molecular formula is C24H31ClN2O2. The van der Waals surface area contributed by atoms with E-state index in [-0.39, 0.29) is 23.8 Å². The van der Waals surface area contributed by atoms with Crippen LogP contribution >= 0.6 is 11.6 Å². The predicted octanol–water partition coefficient (Wildman–Crippen LogP) is 4.91. The van der Waals surface area contributed by atoms with Crippen LogP contribution in [0.2, 0.25) is 5.02 Å². The number of hydrogen-bond donors (Lipinski definition) is 1. The van der Waals surface area contributed by atoms with Gasteiger partial charge >= 0.3 is 0 Å². The van der Waals surface area contributed by atoms with E-state index in [1.807, 2.05) is 71.0 Å². The molecule has 2 rings (SSSR count). The van der Waals surface area contributed by atoms with Crippen LogP contribution in [0.25, 0.3) is 0 Å². The molecule has 0 unspecified atom stereocenters. The predicted molar refractivity (Wildman–Crippen MR) is 119 cm³/mol. The zero-order chi connectivity index (χ0) is 21.6. The minimum Gasteiger partial charge on any atom is -0.350 e. The van der Waals surface area contributed by atoms with Crippen LogP contribution in [0.5, 0.6) is 0 Å². The molecule has 156 valence electrons. The molecule has 0 saturated heterocycles. The normalized spacial score (nSPS) is 12.3. The topological polar surface area (TPSA) is 49.4 Å². The number of nitrogens with one attached hydrogen (secondary N) is 1. The molecule has 2 aromatic rings. The van der Waals surface area contributed by atoms with Crippen molar-refractivity contribution in [1.29, 1.82) is 0 Å². The molecular weight excluding hydrogens is 384 g/mol. The van der Waals surface area contributed by atoms with Crippen LogP contribution in [0.3, 0.4) is 0 Å². The minimum absolute atomic E-state index is 0.0773. The van der Waals surface area contributed by atoms with E-state index < -0.39 is 6.04 Å². The fraction of sp³-hybridized carbons (Fsp3) is 0.417. The molecule has 0 aliphatic rings. The Morgan fingerprint density at radius 3 is 2.24 bits per heavy atom. The lowest BCUT2D eigenvalue weighted by Gasteiger charge is -2.33. The lowest BCUT2D eigenvalue weighted by atomic mass is 10.0. The Balaban J connectivity index is 2.32. The summed E-state index contributed by atoms with van der Waals surface area (Å²) >= 11 is 5.96. The summed E-state index contributed by atoms with van der Waals surface area (Å²) in [4.78, 5) is 28.0. The fourth-order valence-corrected chi connectivity index (χ4v) is 3.35. The number of nitrogens with zero attached hydrogens (tertiary/aromatic N) is 1. The molecule has 0 aromatic heterocycles. The van der Waals surface area contributed by atoms with Gasteiger partial charge in [-0.15, -0.1) is 0 Å². The Bertz CT molecular complexity index is 841. The molecule has 0 spiro atoms. The second-order valence-corrected chi connectivity index (χ2v) is 8.85. The molecule has 4 nitrogen and oxygen atoms in total. The van der Waals surface area contributed by atoms with Crippen molar-refractivity contribution in [2.45, 2.75) is 65.6 Å². The average Bonchev–Trinajstić information content (AvgIpc) is 2.63. The van der Waals surface area contributed by atoms with E-state index in [1.54, 1.807) is 17.0 Å². The summed E-state index contributed by atoms with van der Waals surface area (Å²) in [5.74, 6) is -0.204. The van der Waals surface area contributed by atoms with Crippen LogP contribution in [0.1, 0.15) is 50.8 Å². The highest BCUT2D eigenvalue weighted by Gasteiger charge is 2.30. The first-order chi connectivity index (χ1) is 13.6. The highest BCUT2D eigenvalue weighted by atomic mass is 35.5. The molecule has 29 heavy (non-hydrogen) atoms. The Kier molecular flexibility index (Phi) is 7.86. The standard InChI is InChI=1S/C24H31ClN2O2/c1-6-21(23(29)26-24(3,4)5)27(16-19-10-8-7-9-17(19)2)22(28)15-18-11-13-20(25)14-12-18/h7-14,21H,6,15-16H2,1-5H3,(H,26,29)/t21-/m0/s1. The van der Waals surface area contributed by atoms with Gasteiger partial charge in [0.2, 0.25) is 11.8 Å². The molecule has 5 heteroatoms. The van der Waals surface area contributed by atoms with E-state index in [4.69, 9.17) is 11.6 Å². The SMILES string of the molecule is CC[C@@H](C(=O)NC(C)(C)C)N(Cc1ccccc1C)C(=O)Cc1ccc(Cl)cc1. The third-order valence-electron chi connectivity index (χ3n) is 4.75. The number of benzene rings is 2. The molecule has 0 radical (unpaired) electrons. The van der Waals surface area contributed by atoms with Gasteiger partial charge in [0.25, 0.3) is 0 Å². The van der Waals surface area contributed by atoms with E-state index in [2.05, 4.69) is 5.32 Å². The van der Waals surface area contributed by atoms with Gasteiger partial charge in [-0.25, -0.2) is 0 Å². The van der Waals surface area contributed by atoms with Gasteiger partial charge in [-0.3, -0.25) is 9.59 Å². The molecule has 0 saturated carbocycles. The lowest BCUT2D eigenvalue weighted by molar-refractivity contribution is -0.141. The van der Waals surface area contributed by atoms with Crippen molar-refractivity contribution in [2.75, 3.05) is 0 Å². The molecule has 0 heterocycles. The zero-order valence-electron chi connectivity index (χ0n) is 18.0. The van der Waals surface area contributed by atoms with Crippen LogP contribution < -0.4 is 5.32 Å². The summed E-state index contributed by atoms with van der Waals surface area (Å²) < 4.78 is 0. The molecule has 0 aliphatic carbocycles. The Morgan fingerprint density at radius 2 is 1.69 bits per heavy atom. The smallest absolute Gasteiger partial charge is 0.243 e. The second kappa shape index (κ2) is 9.93. The molecule has 1 N–H and O–H groups in total. The van der Waals surface area contributed by atoms with E-state index in [9.17, 15) is 9.59 Å². The largest absolute Gasteiger partial charge is 0.350 e. The van der Waals surface area contributed by atoms with Gasteiger partial charge in [0.1, 0.15) is 6.04 Å². The summed E-state index contributed by atoms with van der Waals surface area (Å²) in [6.45, 7) is 10.2. The van der Waals surface area contributed by atoms with Crippen molar-refractivity contribution >= 4 is 23.4 Å².